The number of carboxylic acid groups (broad SMARTS) is 1. The van der Waals surface area contributed by atoms with Crippen molar-refractivity contribution in [2.24, 2.45) is 16.5 Å². The van der Waals surface area contributed by atoms with Gasteiger partial charge in [0.25, 0.3) is 5.91 Å². The molecule has 1 fully saturated rings. The number of sulfone groups is 1. The number of benzene rings is 2. The SMILES string of the molecule is Cc1cc(C(=O)N=C(N)N)cc2c1Oc1c(Cl)cc(NCC[N+]3(CC(=O)O)CCN(C)CC3)cc1CS2(=O)=O. The molecular weight excluding hydrogens is 548 g/mol. The molecule has 0 atom stereocenters. The minimum Gasteiger partial charge on any atom is -0.477 e. The summed E-state index contributed by atoms with van der Waals surface area (Å²) in [5.41, 5.74) is 11.9. The zero-order chi connectivity index (χ0) is 28.5. The van der Waals surface area contributed by atoms with E-state index in [0.717, 1.165) is 26.2 Å². The highest BCUT2D eigenvalue weighted by atomic mass is 35.5. The first-order valence-corrected chi connectivity index (χ1v) is 14.3. The number of aliphatic carboxylic acids is 1. The van der Waals surface area contributed by atoms with Crippen molar-refractivity contribution in [1.29, 1.82) is 0 Å². The third kappa shape index (κ3) is 6.44. The van der Waals surface area contributed by atoms with E-state index in [4.69, 9.17) is 27.8 Å². The standard InChI is InChI=1S/C25H31ClN6O6S/c1-15-9-16(24(35)30-25(27)28)11-20-22(15)38-23-17(14-39(20,36)37)10-18(12-19(23)26)29-3-6-32(13-21(33)34)7-4-31(2)5-8-32/h9-12,29H,3-8,13-14H2,1-2H3,(H4-,27,28,30,33,34,35)/p+1. The molecule has 210 valence electrons. The number of amides is 1. The molecule has 0 saturated carbocycles. The Labute approximate surface area is 231 Å². The van der Waals surface area contributed by atoms with Crippen molar-refractivity contribution < 1.29 is 32.3 Å². The zero-order valence-corrected chi connectivity index (χ0v) is 23.3. The summed E-state index contributed by atoms with van der Waals surface area (Å²) in [6.07, 6.45) is 0. The first kappa shape index (κ1) is 28.6. The van der Waals surface area contributed by atoms with Crippen LogP contribution >= 0.6 is 11.6 Å². The van der Waals surface area contributed by atoms with Crippen LogP contribution in [0.25, 0.3) is 0 Å². The lowest BCUT2D eigenvalue weighted by Crippen LogP contribution is -2.62. The average molecular weight is 580 g/mol. The van der Waals surface area contributed by atoms with Gasteiger partial charge in [-0.2, -0.15) is 4.99 Å². The number of nitrogens with zero attached hydrogens (tertiary/aromatic N) is 3. The van der Waals surface area contributed by atoms with E-state index in [9.17, 15) is 23.1 Å². The number of likely N-dealkylation sites (N-methyl/N-ethyl adjacent to an activating group) is 1. The topological polar surface area (TPSA) is 177 Å². The quantitative estimate of drug-likeness (QED) is 0.213. The van der Waals surface area contributed by atoms with Crippen molar-refractivity contribution in [3.63, 3.8) is 0 Å². The molecule has 2 aliphatic heterocycles. The normalized spacial score (nSPS) is 17.6. The molecule has 0 aromatic heterocycles. The van der Waals surface area contributed by atoms with E-state index < -0.39 is 33.4 Å². The van der Waals surface area contributed by atoms with Crippen LogP contribution in [-0.4, -0.2) is 93.6 Å². The number of piperazine rings is 1. The molecule has 0 aliphatic carbocycles. The molecular formula is C25H32ClN6O6S+. The molecule has 1 saturated heterocycles. The van der Waals surface area contributed by atoms with Crippen molar-refractivity contribution in [3.05, 3.63) is 46.0 Å². The number of aryl methyl sites for hydroxylation is 1. The third-order valence-corrected chi connectivity index (χ3v) is 8.97. The largest absolute Gasteiger partial charge is 0.477 e. The Morgan fingerprint density at radius 1 is 1.18 bits per heavy atom. The summed E-state index contributed by atoms with van der Waals surface area (Å²) < 4.78 is 33.3. The molecule has 6 N–H and O–H groups in total. The molecule has 0 radical (unpaired) electrons. The summed E-state index contributed by atoms with van der Waals surface area (Å²) in [6, 6.07) is 5.96. The fourth-order valence-electron chi connectivity index (χ4n) is 4.94. The number of nitrogens with two attached hydrogens (primary N) is 2. The molecule has 12 nitrogen and oxygen atoms in total. The van der Waals surface area contributed by atoms with Crippen LogP contribution in [0.15, 0.2) is 34.2 Å². The third-order valence-electron chi connectivity index (χ3n) is 7.02. The molecule has 2 aliphatic rings. The van der Waals surface area contributed by atoms with E-state index in [2.05, 4.69) is 15.2 Å². The lowest BCUT2D eigenvalue weighted by molar-refractivity contribution is -0.923. The van der Waals surface area contributed by atoms with Crippen LogP contribution in [0.5, 0.6) is 11.5 Å². The maximum Gasteiger partial charge on any atom is 0.359 e. The molecule has 4 rings (SSSR count). The molecule has 2 heterocycles. The van der Waals surface area contributed by atoms with Gasteiger partial charge in [0.15, 0.2) is 22.3 Å². The highest BCUT2D eigenvalue weighted by Gasteiger charge is 2.34. The number of nitrogens with one attached hydrogen (secondary N) is 1. The highest BCUT2D eigenvalue weighted by molar-refractivity contribution is 7.90. The Morgan fingerprint density at radius 3 is 2.51 bits per heavy atom. The maximum atomic E-state index is 13.4. The zero-order valence-electron chi connectivity index (χ0n) is 21.7. The second-order valence-corrected chi connectivity index (χ2v) is 12.4. The van der Waals surface area contributed by atoms with Crippen molar-refractivity contribution in [3.8, 4) is 11.5 Å². The van der Waals surface area contributed by atoms with Gasteiger partial charge in [0.2, 0.25) is 0 Å². The number of quaternary nitrogens is 1. The van der Waals surface area contributed by atoms with E-state index >= 15 is 0 Å². The van der Waals surface area contributed by atoms with Crippen LogP contribution in [0, 0.1) is 6.92 Å². The van der Waals surface area contributed by atoms with E-state index in [0.29, 0.717) is 34.4 Å². The average Bonchev–Trinajstić information content (AvgIpc) is 2.94. The minimum absolute atomic E-state index is 0.00792. The van der Waals surface area contributed by atoms with Gasteiger partial charge in [-0.05, 0) is 43.8 Å². The van der Waals surface area contributed by atoms with Crippen molar-refractivity contribution >= 4 is 45.0 Å². The lowest BCUT2D eigenvalue weighted by atomic mass is 10.1. The molecule has 2 aromatic carbocycles. The van der Waals surface area contributed by atoms with Gasteiger partial charge < -0.3 is 31.1 Å². The number of hydrogen-bond acceptors (Lipinski definition) is 7. The Morgan fingerprint density at radius 2 is 1.87 bits per heavy atom. The number of ether oxygens (including phenoxy) is 1. The summed E-state index contributed by atoms with van der Waals surface area (Å²) in [6.45, 7) is 5.79. The van der Waals surface area contributed by atoms with Gasteiger partial charge in [-0.3, -0.25) is 9.69 Å². The summed E-state index contributed by atoms with van der Waals surface area (Å²) in [5.74, 6) is -2.17. The van der Waals surface area contributed by atoms with Crippen LogP contribution in [0.4, 0.5) is 5.69 Å². The summed E-state index contributed by atoms with van der Waals surface area (Å²) >= 11 is 6.56. The number of rotatable bonds is 7. The number of aliphatic imine (C=N–C) groups is 1. The van der Waals surface area contributed by atoms with Gasteiger partial charge in [0, 0.05) is 29.9 Å². The number of fused-ring (bicyclic) bond motifs is 2. The molecule has 14 heteroatoms. The predicted octanol–water partition coefficient (Wildman–Crippen LogP) is 1.40. The first-order valence-electron chi connectivity index (χ1n) is 12.3. The van der Waals surface area contributed by atoms with Crippen molar-refractivity contribution in [2.75, 3.05) is 58.2 Å². The fraction of sp³-hybridized carbons (Fsp3) is 0.400. The van der Waals surface area contributed by atoms with Gasteiger partial charge in [-0.15, -0.1) is 0 Å². The molecule has 2 aromatic rings. The van der Waals surface area contributed by atoms with Crippen LogP contribution in [0.1, 0.15) is 21.5 Å². The van der Waals surface area contributed by atoms with Gasteiger partial charge in [0.05, 0.1) is 37.0 Å². The van der Waals surface area contributed by atoms with Gasteiger partial charge in [-0.1, -0.05) is 11.6 Å². The Balaban J connectivity index is 1.59. The van der Waals surface area contributed by atoms with Crippen molar-refractivity contribution in [1.82, 2.24) is 4.90 Å². The van der Waals surface area contributed by atoms with Gasteiger partial charge >= 0.3 is 5.97 Å². The first-order chi connectivity index (χ1) is 18.3. The lowest BCUT2D eigenvalue weighted by Gasteiger charge is -2.43. The Kier molecular flexibility index (Phi) is 8.07. The summed E-state index contributed by atoms with van der Waals surface area (Å²) in [4.78, 5) is 29.4. The number of halogens is 1. The van der Waals surface area contributed by atoms with Crippen LogP contribution in [0.3, 0.4) is 0 Å². The minimum atomic E-state index is -3.95. The Hall–Kier alpha value is -3.39. The Bertz CT molecular complexity index is 1450. The molecule has 0 spiro atoms. The van der Waals surface area contributed by atoms with E-state index in [1.165, 1.54) is 12.1 Å². The smallest absolute Gasteiger partial charge is 0.359 e. The number of anilines is 1. The number of carboxylic acids is 1. The van der Waals surface area contributed by atoms with Crippen LogP contribution < -0.4 is 21.5 Å². The summed E-state index contributed by atoms with van der Waals surface area (Å²) in [7, 11) is -1.93. The summed E-state index contributed by atoms with van der Waals surface area (Å²) in [5, 5.41) is 13.0. The second-order valence-electron chi connectivity index (χ2n) is 10.1. The fourth-order valence-corrected chi connectivity index (χ4v) is 6.79. The predicted molar refractivity (Wildman–Crippen MR) is 147 cm³/mol. The molecule has 39 heavy (non-hydrogen) atoms. The molecule has 0 bridgehead atoms. The van der Waals surface area contributed by atoms with Crippen LogP contribution in [0.2, 0.25) is 5.02 Å². The number of carbonyl (C=O) groups excluding carboxylic acids is 1. The van der Waals surface area contributed by atoms with Gasteiger partial charge in [0.1, 0.15) is 16.4 Å². The number of guanidine groups is 1. The number of carbonyl (C=O) groups is 2. The second kappa shape index (κ2) is 11.0. The van der Waals surface area contributed by atoms with Crippen molar-refractivity contribution in [2.45, 2.75) is 17.6 Å². The van der Waals surface area contributed by atoms with Crippen LogP contribution in [-0.2, 0) is 20.4 Å². The molecule has 0 unspecified atom stereocenters. The van der Waals surface area contributed by atoms with Gasteiger partial charge in [-0.25, -0.2) is 13.2 Å². The van der Waals surface area contributed by atoms with E-state index in [1.54, 1.807) is 19.1 Å². The monoisotopic (exact) mass is 579 g/mol. The highest BCUT2D eigenvalue weighted by Crippen LogP contribution is 2.44. The maximum absolute atomic E-state index is 13.4. The number of hydrogen-bond donors (Lipinski definition) is 4. The molecule has 1 amide bonds. The van der Waals surface area contributed by atoms with E-state index in [1.807, 2.05) is 7.05 Å². The van der Waals surface area contributed by atoms with E-state index in [-0.39, 0.29) is 33.5 Å².